The van der Waals surface area contributed by atoms with Crippen LogP contribution in [0.5, 0.6) is 5.75 Å². The Balaban J connectivity index is 1.29. The first-order valence-corrected chi connectivity index (χ1v) is 11.0. The van der Waals surface area contributed by atoms with Gasteiger partial charge in [-0.25, -0.2) is 0 Å². The molecule has 1 unspecified atom stereocenters. The van der Waals surface area contributed by atoms with Gasteiger partial charge in [0.05, 0.1) is 12.5 Å². The van der Waals surface area contributed by atoms with Gasteiger partial charge in [-0.2, -0.15) is 0 Å². The number of aryl methyl sites for hydroxylation is 2. The Morgan fingerprint density at radius 2 is 1.97 bits per heavy atom. The molecule has 2 aromatic carbocycles. The van der Waals surface area contributed by atoms with Gasteiger partial charge in [0.25, 0.3) is 0 Å². The molecule has 0 spiro atoms. The third-order valence-corrected chi connectivity index (χ3v) is 6.53. The molecule has 158 valence electrons. The van der Waals surface area contributed by atoms with Gasteiger partial charge in [-0.1, -0.05) is 41.4 Å². The molecular weight excluding hydrogens is 398 g/mol. The Morgan fingerprint density at radius 1 is 1.20 bits per heavy atom. The molecule has 30 heavy (non-hydrogen) atoms. The average Bonchev–Trinajstić information content (AvgIpc) is 2.70. The quantitative estimate of drug-likeness (QED) is 0.599. The maximum absolute atomic E-state index is 11.0. The van der Waals surface area contributed by atoms with Crippen LogP contribution >= 0.6 is 11.6 Å². The number of rotatable bonds is 8. The first-order chi connectivity index (χ1) is 14.5. The minimum absolute atomic E-state index is 0.205. The lowest BCUT2D eigenvalue weighted by atomic mass is 9.86. The summed E-state index contributed by atoms with van der Waals surface area (Å²) in [5.41, 5.74) is 5.25. The number of carbonyl (C=O) groups is 1. The van der Waals surface area contributed by atoms with Gasteiger partial charge in [0.2, 0.25) is 0 Å². The zero-order valence-corrected chi connectivity index (χ0v) is 18.1. The molecule has 0 saturated carbocycles. The summed E-state index contributed by atoms with van der Waals surface area (Å²) in [7, 11) is 0. The Labute approximate surface area is 183 Å². The van der Waals surface area contributed by atoms with Crippen LogP contribution < -0.4 is 4.74 Å². The van der Waals surface area contributed by atoms with Gasteiger partial charge in [0.15, 0.2) is 0 Å². The molecule has 4 nitrogen and oxygen atoms in total. The molecule has 0 bridgehead atoms. The lowest BCUT2D eigenvalue weighted by Crippen LogP contribution is -2.54. The highest BCUT2D eigenvalue weighted by atomic mass is 35.5. The van der Waals surface area contributed by atoms with Crippen molar-refractivity contribution in [3.05, 3.63) is 69.8 Å². The number of likely N-dealkylation sites (tertiary alicyclic amines) is 1. The van der Waals surface area contributed by atoms with E-state index in [1.807, 2.05) is 12.1 Å². The van der Waals surface area contributed by atoms with Crippen molar-refractivity contribution >= 4 is 23.6 Å². The maximum Gasteiger partial charge on any atom is 0.309 e. The van der Waals surface area contributed by atoms with Gasteiger partial charge in [0.1, 0.15) is 5.75 Å². The van der Waals surface area contributed by atoms with E-state index in [1.54, 1.807) is 0 Å². The van der Waals surface area contributed by atoms with Gasteiger partial charge in [0, 0.05) is 24.2 Å². The Bertz CT molecular complexity index is 932. The first-order valence-electron chi connectivity index (χ1n) is 10.7. The summed E-state index contributed by atoms with van der Waals surface area (Å²) in [6.45, 7) is 4.19. The van der Waals surface area contributed by atoms with E-state index >= 15 is 0 Å². The molecule has 1 aliphatic carbocycles. The second kappa shape index (κ2) is 9.23. The Morgan fingerprint density at radius 3 is 2.70 bits per heavy atom. The molecule has 5 heteroatoms. The van der Waals surface area contributed by atoms with Crippen LogP contribution in [0.15, 0.2) is 48.0 Å². The number of ether oxygens (including phenoxy) is 1. The molecule has 2 aromatic rings. The molecule has 1 atom stereocenters. The molecule has 1 aliphatic heterocycles. The fourth-order valence-corrected chi connectivity index (χ4v) is 4.37. The zero-order valence-electron chi connectivity index (χ0n) is 17.3. The van der Waals surface area contributed by atoms with Gasteiger partial charge in [-0.3, -0.25) is 9.69 Å². The largest absolute Gasteiger partial charge is 0.494 e. The van der Waals surface area contributed by atoms with Crippen molar-refractivity contribution < 1.29 is 14.6 Å². The fraction of sp³-hybridized carbons (Fsp3) is 0.400. The zero-order chi connectivity index (χ0) is 21.1. The summed E-state index contributed by atoms with van der Waals surface area (Å²) >= 11 is 5.93. The van der Waals surface area contributed by atoms with Crippen molar-refractivity contribution in [1.29, 1.82) is 0 Å². The third-order valence-electron chi connectivity index (χ3n) is 6.27. The number of aliphatic carboxylic acids is 1. The normalized spacial score (nSPS) is 17.6. The topological polar surface area (TPSA) is 49.8 Å². The molecule has 1 heterocycles. The monoisotopic (exact) mass is 425 g/mol. The predicted octanol–water partition coefficient (Wildman–Crippen LogP) is 5.09. The lowest BCUT2D eigenvalue weighted by molar-refractivity contribution is -0.148. The smallest absolute Gasteiger partial charge is 0.309 e. The van der Waals surface area contributed by atoms with Crippen LogP contribution in [-0.2, 0) is 17.6 Å². The Kier molecular flexibility index (Phi) is 6.45. The minimum atomic E-state index is -0.679. The third kappa shape index (κ3) is 4.88. The highest BCUT2D eigenvalue weighted by Gasteiger charge is 2.36. The van der Waals surface area contributed by atoms with Crippen molar-refractivity contribution in [3.63, 3.8) is 0 Å². The number of hydrogen-bond acceptors (Lipinski definition) is 3. The summed E-state index contributed by atoms with van der Waals surface area (Å²) < 4.78 is 5.98. The number of halogens is 1. The number of hydrogen-bond donors (Lipinski definition) is 1. The molecule has 0 amide bonds. The number of carboxylic acid groups (broad SMARTS) is 1. The molecule has 4 rings (SSSR count). The summed E-state index contributed by atoms with van der Waals surface area (Å²) in [6, 6.07) is 14.6. The SMILES string of the molecule is CC(C1=Cc2ccc(OCCCc3ccc(Cl)cc3)cc2CC1)N1CC(C(=O)O)C1. The molecule has 2 aliphatic rings. The Hall–Kier alpha value is -2.30. The maximum atomic E-state index is 11.0. The van der Waals surface area contributed by atoms with E-state index in [2.05, 4.69) is 48.2 Å². The molecule has 1 N–H and O–H groups in total. The molecular formula is C25H28ClNO3. The van der Waals surface area contributed by atoms with Crippen LogP contribution in [0.2, 0.25) is 5.02 Å². The van der Waals surface area contributed by atoms with E-state index in [-0.39, 0.29) is 5.92 Å². The van der Waals surface area contributed by atoms with Crippen LogP contribution in [0.25, 0.3) is 6.08 Å². The standard InChI is InChI=1S/C25H28ClNO3/c1-17(27-15-22(16-27)25(28)29)19-6-7-21-14-24(11-8-20(21)13-19)30-12-2-3-18-4-9-23(26)10-5-18/h4-5,8-11,13-14,17,22H,2-3,6-7,12,15-16H2,1H3,(H,28,29). The lowest BCUT2D eigenvalue weighted by Gasteiger charge is -2.42. The molecule has 0 radical (unpaired) electrons. The average molecular weight is 426 g/mol. The molecule has 0 aromatic heterocycles. The van der Waals surface area contributed by atoms with Crippen LogP contribution in [0.1, 0.15) is 36.5 Å². The number of fused-ring (bicyclic) bond motifs is 1. The predicted molar refractivity (Wildman–Crippen MR) is 120 cm³/mol. The van der Waals surface area contributed by atoms with Gasteiger partial charge in [-0.15, -0.1) is 0 Å². The van der Waals surface area contributed by atoms with Gasteiger partial charge >= 0.3 is 5.97 Å². The molecule has 1 fully saturated rings. The van der Waals surface area contributed by atoms with Crippen LogP contribution in [0.3, 0.4) is 0 Å². The minimum Gasteiger partial charge on any atom is -0.494 e. The number of nitrogens with zero attached hydrogens (tertiary/aromatic N) is 1. The van der Waals surface area contributed by atoms with Crippen LogP contribution in [0.4, 0.5) is 0 Å². The van der Waals surface area contributed by atoms with Crippen molar-refractivity contribution in [2.75, 3.05) is 19.7 Å². The summed E-state index contributed by atoms with van der Waals surface area (Å²) in [5, 5.41) is 9.86. The van der Waals surface area contributed by atoms with Crippen LogP contribution in [-0.4, -0.2) is 41.7 Å². The van der Waals surface area contributed by atoms with Crippen molar-refractivity contribution in [2.45, 2.75) is 38.6 Å². The van der Waals surface area contributed by atoms with Crippen molar-refractivity contribution in [1.82, 2.24) is 4.90 Å². The summed E-state index contributed by atoms with van der Waals surface area (Å²) in [4.78, 5) is 13.3. The van der Waals surface area contributed by atoms with Gasteiger partial charge in [-0.05, 0) is 73.6 Å². The van der Waals surface area contributed by atoms with E-state index in [4.69, 9.17) is 21.4 Å². The first kappa shape index (κ1) is 21.0. The van der Waals surface area contributed by atoms with E-state index in [0.29, 0.717) is 25.7 Å². The summed E-state index contributed by atoms with van der Waals surface area (Å²) in [5.74, 6) is 0.0484. The summed E-state index contributed by atoms with van der Waals surface area (Å²) in [6.07, 6.45) is 6.24. The second-order valence-corrected chi connectivity index (χ2v) is 8.76. The van der Waals surface area contributed by atoms with Crippen LogP contribution in [0, 0.1) is 5.92 Å². The number of benzene rings is 2. The molecule has 1 saturated heterocycles. The van der Waals surface area contributed by atoms with E-state index in [1.165, 1.54) is 22.3 Å². The van der Waals surface area contributed by atoms with E-state index < -0.39 is 5.97 Å². The second-order valence-electron chi connectivity index (χ2n) is 8.32. The van der Waals surface area contributed by atoms with E-state index in [0.717, 1.165) is 36.5 Å². The van der Waals surface area contributed by atoms with Gasteiger partial charge < -0.3 is 9.84 Å². The van der Waals surface area contributed by atoms with E-state index in [9.17, 15) is 4.79 Å². The number of carboxylic acids is 1. The fourth-order valence-electron chi connectivity index (χ4n) is 4.25. The highest BCUT2D eigenvalue weighted by Crippen LogP contribution is 2.32. The van der Waals surface area contributed by atoms with Crippen molar-refractivity contribution in [3.8, 4) is 5.75 Å². The highest BCUT2D eigenvalue weighted by molar-refractivity contribution is 6.30. The van der Waals surface area contributed by atoms with Crippen molar-refractivity contribution in [2.24, 2.45) is 5.92 Å².